The highest BCUT2D eigenvalue weighted by Gasteiger charge is 2.40. The Kier molecular flexibility index (Phi) is 8.78. The van der Waals surface area contributed by atoms with Gasteiger partial charge in [-0.15, -0.1) is 11.3 Å². The molecule has 0 radical (unpaired) electrons. The molecule has 0 saturated carbocycles. The fourth-order valence-electron chi connectivity index (χ4n) is 3.48. The highest BCUT2D eigenvalue weighted by Crippen LogP contribution is 2.48. The van der Waals surface area contributed by atoms with Crippen LogP contribution in [-0.2, 0) is 20.7 Å². The van der Waals surface area contributed by atoms with Gasteiger partial charge in [-0.1, -0.05) is 17.7 Å². The van der Waals surface area contributed by atoms with Gasteiger partial charge in [-0.3, -0.25) is 10.1 Å². The molecule has 3 aromatic rings. The molecule has 39 heavy (non-hydrogen) atoms. The lowest BCUT2D eigenvalue weighted by Gasteiger charge is -2.19. The predicted molar refractivity (Wildman–Crippen MR) is 144 cm³/mol. The van der Waals surface area contributed by atoms with E-state index in [4.69, 9.17) is 16.3 Å². The van der Waals surface area contributed by atoms with Crippen molar-refractivity contribution >= 4 is 84.6 Å². The van der Waals surface area contributed by atoms with Gasteiger partial charge in [-0.25, -0.2) is 13.6 Å². The first-order chi connectivity index (χ1) is 18.0. The van der Waals surface area contributed by atoms with Crippen LogP contribution in [0.5, 0.6) is 0 Å². The van der Waals surface area contributed by atoms with Gasteiger partial charge in [0.25, 0.3) is 0 Å². The van der Waals surface area contributed by atoms with Gasteiger partial charge in [-0.05, 0) is 60.6 Å². The Bertz CT molecular complexity index is 1560. The third kappa shape index (κ3) is 6.25. The number of carbonyl (C=O) groups excluding carboxylic acids is 3. The van der Waals surface area contributed by atoms with Crippen molar-refractivity contribution in [2.45, 2.75) is 39.0 Å². The van der Waals surface area contributed by atoms with Crippen molar-refractivity contribution in [2.24, 2.45) is 0 Å². The zero-order valence-corrected chi connectivity index (χ0v) is 23.8. The summed E-state index contributed by atoms with van der Waals surface area (Å²) in [6.45, 7) is 4.77. The van der Waals surface area contributed by atoms with Crippen LogP contribution in [0.4, 0.5) is 37.4 Å². The maximum absolute atomic E-state index is 15.9. The number of benzene rings is 2. The van der Waals surface area contributed by atoms with Crippen molar-refractivity contribution in [2.75, 3.05) is 10.6 Å². The molecule has 0 spiro atoms. The molecule has 3 rings (SSSR count). The zero-order chi connectivity index (χ0) is 29.4. The molecule has 206 valence electrons. The molecular formula is C24H16ClF5IN3O4S. The quantitative estimate of drug-likeness (QED) is 0.162. The number of nitrogens with zero attached hydrogens (tertiary/aromatic N) is 1. The molecule has 0 aliphatic rings. The number of hydrogen-bond acceptors (Lipinski definition) is 6. The van der Waals surface area contributed by atoms with Crippen molar-refractivity contribution in [3.8, 4) is 17.2 Å². The minimum Gasteiger partial charge on any atom is -0.444 e. The maximum Gasteiger partial charge on any atom is 0.471 e. The number of amides is 2. The first-order valence-corrected chi connectivity index (χ1v) is 13.0. The smallest absolute Gasteiger partial charge is 0.444 e. The molecule has 2 aromatic carbocycles. The summed E-state index contributed by atoms with van der Waals surface area (Å²) < 4.78 is 74.4. The largest absolute Gasteiger partial charge is 0.471 e. The first kappa shape index (κ1) is 30.5. The van der Waals surface area contributed by atoms with Gasteiger partial charge in [0, 0.05) is 20.9 Å². The number of thiophene rings is 1. The molecule has 15 heteroatoms. The number of halogens is 7. The Morgan fingerprint density at radius 1 is 1.21 bits per heavy atom. The van der Waals surface area contributed by atoms with Gasteiger partial charge >= 0.3 is 18.2 Å². The van der Waals surface area contributed by atoms with Gasteiger partial charge in [0.2, 0.25) is 0 Å². The maximum atomic E-state index is 15.9. The molecule has 0 bridgehead atoms. The number of nitriles is 1. The van der Waals surface area contributed by atoms with Gasteiger partial charge in [0.05, 0.1) is 21.0 Å². The average Bonchev–Trinajstić information content (AvgIpc) is 3.17. The fraction of sp³-hybridized carbons (Fsp3) is 0.250. The van der Waals surface area contributed by atoms with Gasteiger partial charge < -0.3 is 14.8 Å². The third-order valence-corrected chi connectivity index (χ3v) is 7.70. The number of alkyl halides is 3. The lowest BCUT2D eigenvalue weighted by atomic mass is 9.95. The number of aldehydes is 1. The highest BCUT2D eigenvalue weighted by atomic mass is 127. The minimum atomic E-state index is -5.37. The summed E-state index contributed by atoms with van der Waals surface area (Å²) >= 11 is 8.50. The van der Waals surface area contributed by atoms with E-state index in [9.17, 15) is 37.2 Å². The molecule has 0 aliphatic carbocycles. The Hall–Kier alpha value is -3.03. The molecule has 0 fully saturated rings. The van der Waals surface area contributed by atoms with E-state index in [1.54, 1.807) is 20.8 Å². The van der Waals surface area contributed by atoms with E-state index < -0.39 is 58.1 Å². The van der Waals surface area contributed by atoms with Crippen LogP contribution < -0.4 is 10.6 Å². The van der Waals surface area contributed by atoms with E-state index >= 15 is 4.39 Å². The molecule has 2 N–H and O–H groups in total. The van der Waals surface area contributed by atoms with Crippen LogP contribution in [0.25, 0.3) is 21.2 Å². The van der Waals surface area contributed by atoms with Gasteiger partial charge in [-0.2, -0.15) is 18.4 Å². The van der Waals surface area contributed by atoms with Crippen LogP contribution in [0.15, 0.2) is 12.1 Å². The summed E-state index contributed by atoms with van der Waals surface area (Å²) in [5.41, 5.74) is -3.05. The SMILES string of the molecule is CC(C)(C)OC(=O)Nc1sc2c(F)ccc(-c3c(F)c(NC(=O)C(F)(F)F)c(I)c(CC=O)c3Cl)c2c1C#N. The van der Waals surface area contributed by atoms with E-state index in [0.717, 1.165) is 12.1 Å². The molecule has 1 aromatic heterocycles. The molecule has 0 aliphatic heterocycles. The molecule has 2 amide bonds. The van der Waals surface area contributed by atoms with Gasteiger partial charge in [0.15, 0.2) is 5.82 Å². The highest BCUT2D eigenvalue weighted by molar-refractivity contribution is 14.1. The number of hydrogen-bond donors (Lipinski definition) is 2. The van der Waals surface area contributed by atoms with Crippen LogP contribution in [0, 0.1) is 26.5 Å². The lowest BCUT2D eigenvalue weighted by molar-refractivity contribution is -0.167. The van der Waals surface area contributed by atoms with E-state index in [-0.39, 0.29) is 35.3 Å². The predicted octanol–water partition coefficient (Wildman–Crippen LogP) is 7.57. The Morgan fingerprint density at radius 3 is 2.38 bits per heavy atom. The van der Waals surface area contributed by atoms with Crippen LogP contribution in [0.1, 0.15) is 31.9 Å². The van der Waals surface area contributed by atoms with Crippen molar-refractivity contribution in [3.05, 3.63) is 43.5 Å². The summed E-state index contributed by atoms with van der Waals surface area (Å²) in [6.07, 6.45) is -6.43. The Labute approximate surface area is 240 Å². The van der Waals surface area contributed by atoms with Crippen LogP contribution in [-0.4, -0.2) is 30.1 Å². The number of nitrogens with one attached hydrogen (secondary N) is 2. The average molecular weight is 700 g/mol. The third-order valence-electron chi connectivity index (χ3n) is 4.98. The van der Waals surface area contributed by atoms with E-state index in [0.29, 0.717) is 17.6 Å². The molecular weight excluding hydrogens is 684 g/mol. The molecule has 0 saturated heterocycles. The van der Waals surface area contributed by atoms with E-state index in [2.05, 4.69) is 5.32 Å². The summed E-state index contributed by atoms with van der Waals surface area (Å²) in [6, 6.07) is 3.76. The molecule has 0 unspecified atom stereocenters. The topological polar surface area (TPSA) is 108 Å². The summed E-state index contributed by atoms with van der Waals surface area (Å²) in [4.78, 5) is 35.3. The van der Waals surface area contributed by atoms with E-state index in [1.165, 1.54) is 27.9 Å². The van der Waals surface area contributed by atoms with Crippen LogP contribution >= 0.6 is 45.5 Å². The van der Waals surface area contributed by atoms with Crippen LogP contribution in [0.2, 0.25) is 5.02 Å². The number of carbonyl (C=O) groups is 3. The van der Waals surface area contributed by atoms with Crippen LogP contribution in [0.3, 0.4) is 0 Å². The van der Waals surface area contributed by atoms with Crippen molar-refractivity contribution in [3.63, 3.8) is 0 Å². The summed E-state index contributed by atoms with van der Waals surface area (Å²) in [5.74, 6) is -4.75. The van der Waals surface area contributed by atoms with Gasteiger partial charge in [0.1, 0.15) is 28.8 Å². The second-order valence-electron chi connectivity index (χ2n) is 8.84. The number of anilines is 2. The van der Waals surface area contributed by atoms with E-state index in [1.807, 2.05) is 6.07 Å². The second-order valence-corrected chi connectivity index (χ2v) is 11.3. The Balaban J connectivity index is 2.36. The fourth-order valence-corrected chi connectivity index (χ4v) is 5.93. The lowest BCUT2D eigenvalue weighted by Crippen LogP contribution is -2.31. The summed E-state index contributed by atoms with van der Waals surface area (Å²) in [7, 11) is 0. The standard InChI is InChI=1S/C24H16ClF5IN3O4S/c1-23(2,3)38-22(37)34-20-11(8-32)13-9(4-5-12(26)19(13)39-20)14-15(25)10(6-7-35)17(31)18(16(14)27)33-21(36)24(28,29)30/h4-5,7H,6H2,1-3H3,(H,33,36)(H,34,37). The normalized spacial score (nSPS) is 11.7. The number of ether oxygens (including phenoxy) is 1. The second kappa shape index (κ2) is 11.2. The zero-order valence-electron chi connectivity index (χ0n) is 20.1. The molecule has 0 atom stereocenters. The first-order valence-electron chi connectivity index (χ1n) is 10.7. The molecule has 7 nitrogen and oxygen atoms in total. The van der Waals surface area contributed by atoms with Crippen molar-refractivity contribution in [1.29, 1.82) is 5.26 Å². The summed E-state index contributed by atoms with van der Waals surface area (Å²) in [5, 5.41) is 12.9. The van der Waals surface area contributed by atoms with Crippen molar-refractivity contribution < 1.29 is 41.1 Å². The minimum absolute atomic E-state index is 0.112. The number of rotatable bonds is 5. The van der Waals surface area contributed by atoms with Crippen molar-refractivity contribution in [1.82, 2.24) is 0 Å². The monoisotopic (exact) mass is 699 g/mol. The Morgan fingerprint density at radius 2 is 1.85 bits per heavy atom. The molecule has 1 heterocycles. The number of fused-ring (bicyclic) bond motifs is 1.